The Labute approximate surface area is 88.3 Å². The van der Waals surface area contributed by atoms with E-state index in [9.17, 15) is 4.79 Å². The SMILES string of the molecule is NC1CN(CCc2ccc(O)cc2)C1=O. The number of phenols is 1. The third-order valence-electron chi connectivity index (χ3n) is 2.65. The summed E-state index contributed by atoms with van der Waals surface area (Å²) >= 11 is 0. The average Bonchev–Trinajstić information content (AvgIpc) is 2.26. The molecule has 1 heterocycles. The van der Waals surface area contributed by atoms with Crippen LogP contribution in [0.5, 0.6) is 5.75 Å². The fourth-order valence-corrected chi connectivity index (χ4v) is 1.66. The van der Waals surface area contributed by atoms with Gasteiger partial charge in [-0.1, -0.05) is 12.1 Å². The number of hydrogen-bond donors (Lipinski definition) is 2. The van der Waals surface area contributed by atoms with Gasteiger partial charge >= 0.3 is 0 Å². The van der Waals surface area contributed by atoms with Gasteiger partial charge in [0, 0.05) is 13.1 Å². The van der Waals surface area contributed by atoms with Crippen molar-refractivity contribution in [2.45, 2.75) is 12.5 Å². The van der Waals surface area contributed by atoms with Crippen LogP contribution in [0, 0.1) is 0 Å². The molecule has 1 aliphatic rings. The number of phenolic OH excluding ortho intramolecular Hbond substituents is 1. The quantitative estimate of drug-likeness (QED) is 0.689. The standard InChI is InChI=1S/C11H14N2O2/c12-10-7-13(11(10)15)6-5-8-1-3-9(14)4-2-8/h1-4,10,14H,5-7,12H2. The highest BCUT2D eigenvalue weighted by atomic mass is 16.3. The molecule has 0 aromatic heterocycles. The van der Waals surface area contributed by atoms with Crippen LogP contribution in [0.4, 0.5) is 0 Å². The third kappa shape index (κ3) is 2.10. The third-order valence-corrected chi connectivity index (χ3v) is 2.65. The normalized spacial score (nSPS) is 20.2. The number of β-lactam (4-membered cyclic amide) rings is 1. The molecule has 1 saturated heterocycles. The van der Waals surface area contributed by atoms with Crippen molar-refractivity contribution < 1.29 is 9.90 Å². The lowest BCUT2D eigenvalue weighted by Crippen LogP contribution is -2.61. The Kier molecular flexibility index (Phi) is 2.60. The van der Waals surface area contributed by atoms with E-state index in [1.165, 1.54) is 0 Å². The summed E-state index contributed by atoms with van der Waals surface area (Å²) in [6.07, 6.45) is 0.804. The highest BCUT2D eigenvalue weighted by Gasteiger charge is 2.32. The second-order valence-electron chi connectivity index (χ2n) is 3.81. The van der Waals surface area contributed by atoms with Gasteiger partial charge in [0.25, 0.3) is 0 Å². The minimum atomic E-state index is -0.287. The second kappa shape index (κ2) is 3.90. The number of carbonyl (C=O) groups excluding carboxylic acids is 1. The molecule has 1 amide bonds. The smallest absolute Gasteiger partial charge is 0.241 e. The number of nitrogens with zero attached hydrogens (tertiary/aromatic N) is 1. The molecule has 0 bridgehead atoms. The number of hydrogen-bond acceptors (Lipinski definition) is 3. The molecule has 15 heavy (non-hydrogen) atoms. The van der Waals surface area contributed by atoms with Gasteiger partial charge in [-0.3, -0.25) is 4.79 Å². The monoisotopic (exact) mass is 206 g/mol. The van der Waals surface area contributed by atoms with Gasteiger partial charge < -0.3 is 15.7 Å². The minimum Gasteiger partial charge on any atom is -0.508 e. The summed E-state index contributed by atoms with van der Waals surface area (Å²) in [6.45, 7) is 1.37. The first-order chi connectivity index (χ1) is 7.16. The highest BCUT2D eigenvalue weighted by molar-refractivity contribution is 5.87. The van der Waals surface area contributed by atoms with E-state index in [0.717, 1.165) is 12.0 Å². The van der Waals surface area contributed by atoms with Gasteiger partial charge in [-0.05, 0) is 24.1 Å². The van der Waals surface area contributed by atoms with E-state index >= 15 is 0 Å². The molecular weight excluding hydrogens is 192 g/mol. The van der Waals surface area contributed by atoms with Crippen molar-refractivity contribution in [2.75, 3.05) is 13.1 Å². The predicted molar refractivity (Wildman–Crippen MR) is 56.4 cm³/mol. The van der Waals surface area contributed by atoms with Crippen molar-refractivity contribution in [2.24, 2.45) is 5.73 Å². The zero-order chi connectivity index (χ0) is 10.8. The van der Waals surface area contributed by atoms with Gasteiger partial charge in [0.2, 0.25) is 5.91 Å². The van der Waals surface area contributed by atoms with Gasteiger partial charge in [0.15, 0.2) is 0 Å². The fourth-order valence-electron chi connectivity index (χ4n) is 1.66. The maximum absolute atomic E-state index is 11.2. The number of aromatic hydroxyl groups is 1. The van der Waals surface area contributed by atoms with Gasteiger partial charge in [-0.15, -0.1) is 0 Å². The Hall–Kier alpha value is -1.55. The van der Waals surface area contributed by atoms with Crippen LogP contribution < -0.4 is 5.73 Å². The van der Waals surface area contributed by atoms with Crippen LogP contribution in [-0.4, -0.2) is 35.0 Å². The topological polar surface area (TPSA) is 66.6 Å². The van der Waals surface area contributed by atoms with E-state index in [0.29, 0.717) is 13.1 Å². The number of nitrogens with two attached hydrogens (primary N) is 1. The molecule has 4 heteroatoms. The molecule has 1 aliphatic heterocycles. The number of benzene rings is 1. The zero-order valence-corrected chi connectivity index (χ0v) is 8.39. The van der Waals surface area contributed by atoms with E-state index in [-0.39, 0.29) is 17.7 Å². The molecule has 0 aliphatic carbocycles. The molecular formula is C11H14N2O2. The van der Waals surface area contributed by atoms with Crippen molar-refractivity contribution in [3.05, 3.63) is 29.8 Å². The summed E-state index contributed by atoms with van der Waals surface area (Å²) < 4.78 is 0. The van der Waals surface area contributed by atoms with Gasteiger partial charge in [-0.25, -0.2) is 0 Å². The Bertz CT molecular complexity index is 361. The molecule has 0 spiro atoms. The Balaban J connectivity index is 1.84. The maximum Gasteiger partial charge on any atom is 0.241 e. The first kappa shape index (κ1) is 9.98. The largest absolute Gasteiger partial charge is 0.508 e. The highest BCUT2D eigenvalue weighted by Crippen LogP contribution is 2.12. The van der Waals surface area contributed by atoms with Crippen LogP contribution in [0.15, 0.2) is 24.3 Å². The average molecular weight is 206 g/mol. The lowest BCUT2D eigenvalue weighted by atomic mass is 10.1. The van der Waals surface area contributed by atoms with Crippen LogP contribution >= 0.6 is 0 Å². The minimum absolute atomic E-state index is 0.0359. The predicted octanol–water partition coefficient (Wildman–Crippen LogP) is 0.104. The van der Waals surface area contributed by atoms with E-state index in [1.807, 2.05) is 12.1 Å². The molecule has 0 radical (unpaired) electrons. The molecule has 4 nitrogen and oxygen atoms in total. The van der Waals surface area contributed by atoms with E-state index in [2.05, 4.69) is 0 Å². The van der Waals surface area contributed by atoms with Gasteiger partial charge in [0.05, 0.1) is 0 Å². The second-order valence-corrected chi connectivity index (χ2v) is 3.81. The number of likely N-dealkylation sites (tertiary alicyclic amines) is 1. The molecule has 2 rings (SSSR count). The summed E-state index contributed by atoms with van der Waals surface area (Å²) in [7, 11) is 0. The molecule has 0 saturated carbocycles. The summed E-state index contributed by atoms with van der Waals surface area (Å²) in [5.41, 5.74) is 6.59. The molecule has 1 fully saturated rings. The molecule has 80 valence electrons. The van der Waals surface area contributed by atoms with Crippen LogP contribution in [-0.2, 0) is 11.2 Å². The Morgan fingerprint density at radius 1 is 1.40 bits per heavy atom. The van der Waals surface area contributed by atoms with Crippen molar-refractivity contribution in [1.29, 1.82) is 0 Å². The number of carbonyl (C=O) groups is 1. The number of rotatable bonds is 3. The summed E-state index contributed by atoms with van der Waals surface area (Å²) in [4.78, 5) is 12.9. The molecule has 1 aromatic carbocycles. The Morgan fingerprint density at radius 2 is 2.07 bits per heavy atom. The summed E-state index contributed by atoms with van der Waals surface area (Å²) in [5.74, 6) is 0.301. The van der Waals surface area contributed by atoms with Crippen molar-refractivity contribution >= 4 is 5.91 Å². The lowest BCUT2D eigenvalue weighted by Gasteiger charge is -2.36. The van der Waals surface area contributed by atoms with Gasteiger partial charge in [0.1, 0.15) is 11.8 Å². The molecule has 1 atom stereocenters. The van der Waals surface area contributed by atoms with Crippen LogP contribution in [0.1, 0.15) is 5.56 Å². The van der Waals surface area contributed by atoms with Crippen LogP contribution in [0.2, 0.25) is 0 Å². The zero-order valence-electron chi connectivity index (χ0n) is 8.39. The first-order valence-electron chi connectivity index (χ1n) is 4.99. The van der Waals surface area contributed by atoms with Crippen molar-refractivity contribution in [3.63, 3.8) is 0 Å². The maximum atomic E-state index is 11.2. The lowest BCUT2D eigenvalue weighted by molar-refractivity contribution is -0.142. The van der Waals surface area contributed by atoms with Gasteiger partial charge in [-0.2, -0.15) is 0 Å². The van der Waals surface area contributed by atoms with E-state index in [1.54, 1.807) is 17.0 Å². The van der Waals surface area contributed by atoms with E-state index in [4.69, 9.17) is 10.8 Å². The van der Waals surface area contributed by atoms with Crippen LogP contribution in [0.3, 0.4) is 0 Å². The van der Waals surface area contributed by atoms with Crippen molar-refractivity contribution in [1.82, 2.24) is 4.90 Å². The summed E-state index contributed by atoms with van der Waals surface area (Å²) in [5, 5.41) is 9.09. The molecule has 1 aromatic rings. The molecule has 1 unspecified atom stereocenters. The van der Waals surface area contributed by atoms with Crippen LogP contribution in [0.25, 0.3) is 0 Å². The Morgan fingerprint density at radius 3 is 2.60 bits per heavy atom. The number of amides is 1. The summed E-state index contributed by atoms with van der Waals surface area (Å²) in [6, 6.07) is 6.74. The first-order valence-corrected chi connectivity index (χ1v) is 4.99. The van der Waals surface area contributed by atoms with E-state index < -0.39 is 0 Å². The van der Waals surface area contributed by atoms with Crippen molar-refractivity contribution in [3.8, 4) is 5.75 Å². The fraction of sp³-hybridized carbons (Fsp3) is 0.364. The molecule has 3 N–H and O–H groups in total.